The van der Waals surface area contributed by atoms with Crippen molar-refractivity contribution in [3.63, 3.8) is 0 Å². The normalized spacial score (nSPS) is 11.9. The molecule has 0 unspecified atom stereocenters. The molecule has 0 spiro atoms. The Morgan fingerprint density at radius 1 is 1.31 bits per heavy atom. The van der Waals surface area contributed by atoms with Gasteiger partial charge in [-0.2, -0.15) is 13.2 Å². The van der Waals surface area contributed by atoms with Crippen LogP contribution in [0.25, 0.3) is 0 Å². The summed E-state index contributed by atoms with van der Waals surface area (Å²) in [5, 5.41) is -0.0346. The molecule has 0 bridgehead atoms. The molecule has 0 heterocycles. The van der Waals surface area contributed by atoms with Gasteiger partial charge in [0.25, 0.3) is 0 Å². The Labute approximate surface area is 96.2 Å². The molecule has 1 aromatic rings. The smallest absolute Gasteiger partial charge is 0.294 e. The molecule has 0 saturated heterocycles. The fourth-order valence-electron chi connectivity index (χ4n) is 1.28. The lowest BCUT2D eigenvalue weighted by molar-refractivity contribution is -0.137. The number of Topliss-reactive ketones (excluding diaryl/α,β-unsaturated/α-hetero) is 1. The highest BCUT2D eigenvalue weighted by Crippen LogP contribution is 2.34. The standard InChI is InChI=1S/C11H10ClF3O/c1-6(2)10(16)8-4-3-7(12)5-9(8)11(13,14)15/h3-6H,1-2H3. The maximum absolute atomic E-state index is 12.6. The highest BCUT2D eigenvalue weighted by atomic mass is 35.5. The van der Waals surface area contributed by atoms with Crippen molar-refractivity contribution in [1.29, 1.82) is 0 Å². The van der Waals surface area contributed by atoms with Crippen LogP contribution in [-0.4, -0.2) is 5.78 Å². The topological polar surface area (TPSA) is 17.1 Å². The van der Waals surface area contributed by atoms with E-state index in [0.717, 1.165) is 12.1 Å². The van der Waals surface area contributed by atoms with Crippen molar-refractivity contribution in [3.8, 4) is 0 Å². The molecule has 0 aliphatic rings. The van der Waals surface area contributed by atoms with Crippen LogP contribution in [0.3, 0.4) is 0 Å². The van der Waals surface area contributed by atoms with Crippen LogP contribution in [-0.2, 0) is 6.18 Å². The molecule has 0 saturated carbocycles. The van der Waals surface area contributed by atoms with Crippen molar-refractivity contribution in [1.82, 2.24) is 0 Å². The van der Waals surface area contributed by atoms with Crippen LogP contribution in [0, 0.1) is 5.92 Å². The summed E-state index contributed by atoms with van der Waals surface area (Å²) in [4.78, 5) is 11.6. The molecular formula is C11H10ClF3O. The number of halogens is 4. The molecule has 0 N–H and O–H groups in total. The Hall–Kier alpha value is -1.03. The average Bonchev–Trinajstić information content (AvgIpc) is 2.15. The third-order valence-electron chi connectivity index (χ3n) is 2.08. The van der Waals surface area contributed by atoms with Crippen molar-refractivity contribution in [3.05, 3.63) is 34.3 Å². The van der Waals surface area contributed by atoms with Crippen LogP contribution in [0.5, 0.6) is 0 Å². The molecule has 0 aromatic heterocycles. The van der Waals surface area contributed by atoms with Crippen molar-refractivity contribution in [2.45, 2.75) is 20.0 Å². The number of carbonyl (C=O) groups excluding carboxylic acids is 1. The number of rotatable bonds is 2. The largest absolute Gasteiger partial charge is 0.417 e. The minimum Gasteiger partial charge on any atom is -0.294 e. The zero-order valence-corrected chi connectivity index (χ0v) is 9.49. The maximum atomic E-state index is 12.6. The third kappa shape index (κ3) is 2.76. The molecule has 0 aliphatic heterocycles. The van der Waals surface area contributed by atoms with E-state index in [-0.39, 0.29) is 10.6 Å². The Morgan fingerprint density at radius 2 is 1.88 bits per heavy atom. The Bertz CT molecular complexity index is 410. The second kappa shape index (κ2) is 4.45. The van der Waals surface area contributed by atoms with E-state index >= 15 is 0 Å². The van der Waals surface area contributed by atoms with Crippen LogP contribution >= 0.6 is 11.6 Å². The first-order valence-electron chi connectivity index (χ1n) is 4.64. The fraction of sp³-hybridized carbons (Fsp3) is 0.364. The molecule has 88 valence electrons. The van der Waals surface area contributed by atoms with Crippen molar-refractivity contribution < 1.29 is 18.0 Å². The molecule has 5 heteroatoms. The summed E-state index contributed by atoms with van der Waals surface area (Å²) in [6.07, 6.45) is -4.56. The second-order valence-electron chi connectivity index (χ2n) is 3.71. The van der Waals surface area contributed by atoms with Gasteiger partial charge in [0.1, 0.15) is 0 Å². The van der Waals surface area contributed by atoms with Gasteiger partial charge in [-0.1, -0.05) is 25.4 Å². The van der Waals surface area contributed by atoms with Crippen LogP contribution in [0.15, 0.2) is 18.2 Å². The minimum atomic E-state index is -4.56. The molecule has 0 atom stereocenters. The number of ketones is 1. The number of hydrogen-bond donors (Lipinski definition) is 0. The summed E-state index contributed by atoms with van der Waals surface area (Å²) in [7, 11) is 0. The number of benzene rings is 1. The quantitative estimate of drug-likeness (QED) is 0.719. The highest BCUT2D eigenvalue weighted by Gasteiger charge is 2.35. The summed E-state index contributed by atoms with van der Waals surface area (Å²) in [6, 6.07) is 3.18. The van der Waals surface area contributed by atoms with Crippen LogP contribution in [0.4, 0.5) is 13.2 Å². The van der Waals surface area contributed by atoms with E-state index in [4.69, 9.17) is 11.6 Å². The monoisotopic (exact) mass is 250 g/mol. The van der Waals surface area contributed by atoms with E-state index in [1.165, 1.54) is 6.07 Å². The van der Waals surface area contributed by atoms with Gasteiger partial charge >= 0.3 is 6.18 Å². The lowest BCUT2D eigenvalue weighted by Gasteiger charge is -2.13. The maximum Gasteiger partial charge on any atom is 0.417 e. The number of alkyl halides is 3. The van der Waals surface area contributed by atoms with Gasteiger partial charge in [0, 0.05) is 16.5 Å². The first-order valence-corrected chi connectivity index (χ1v) is 5.02. The third-order valence-corrected chi connectivity index (χ3v) is 2.31. The van der Waals surface area contributed by atoms with E-state index in [0.29, 0.717) is 0 Å². The van der Waals surface area contributed by atoms with E-state index in [1.807, 2.05) is 0 Å². The van der Waals surface area contributed by atoms with Gasteiger partial charge in [-0.25, -0.2) is 0 Å². The molecular weight excluding hydrogens is 241 g/mol. The summed E-state index contributed by atoms with van der Waals surface area (Å²) in [5.41, 5.74) is -1.30. The number of carbonyl (C=O) groups is 1. The average molecular weight is 251 g/mol. The molecule has 1 aromatic carbocycles. The molecule has 1 nitrogen and oxygen atoms in total. The van der Waals surface area contributed by atoms with Gasteiger partial charge in [-0.3, -0.25) is 4.79 Å². The molecule has 0 amide bonds. The Morgan fingerprint density at radius 3 is 2.31 bits per heavy atom. The van der Waals surface area contributed by atoms with Gasteiger partial charge in [-0.15, -0.1) is 0 Å². The minimum absolute atomic E-state index is 0.0346. The fourth-order valence-corrected chi connectivity index (χ4v) is 1.45. The highest BCUT2D eigenvalue weighted by molar-refractivity contribution is 6.30. The van der Waals surface area contributed by atoms with Gasteiger partial charge < -0.3 is 0 Å². The lowest BCUT2D eigenvalue weighted by Crippen LogP contribution is -2.16. The van der Waals surface area contributed by atoms with Crippen LogP contribution < -0.4 is 0 Å². The van der Waals surface area contributed by atoms with Crippen LogP contribution in [0.1, 0.15) is 29.8 Å². The lowest BCUT2D eigenvalue weighted by atomic mass is 9.96. The summed E-state index contributed by atoms with van der Waals surface area (Å²) in [5.74, 6) is -1.02. The predicted octanol–water partition coefficient (Wildman–Crippen LogP) is 4.20. The Balaban J connectivity index is 3.34. The second-order valence-corrected chi connectivity index (χ2v) is 4.14. The van der Waals surface area contributed by atoms with Crippen LogP contribution in [0.2, 0.25) is 5.02 Å². The van der Waals surface area contributed by atoms with Gasteiger partial charge in [0.05, 0.1) is 5.56 Å². The summed E-state index contributed by atoms with van der Waals surface area (Å²) < 4.78 is 37.9. The van der Waals surface area contributed by atoms with Crippen molar-refractivity contribution in [2.75, 3.05) is 0 Å². The predicted molar refractivity (Wildman–Crippen MR) is 55.6 cm³/mol. The van der Waals surface area contributed by atoms with Gasteiger partial charge in [0.15, 0.2) is 5.78 Å². The van der Waals surface area contributed by atoms with Crippen molar-refractivity contribution >= 4 is 17.4 Å². The zero-order valence-electron chi connectivity index (χ0n) is 8.73. The molecule has 0 fully saturated rings. The van der Waals surface area contributed by atoms with E-state index in [2.05, 4.69) is 0 Å². The number of hydrogen-bond acceptors (Lipinski definition) is 1. The Kier molecular flexibility index (Phi) is 3.63. The molecule has 0 aliphatic carbocycles. The van der Waals surface area contributed by atoms with Crippen molar-refractivity contribution in [2.24, 2.45) is 5.92 Å². The first-order chi connectivity index (χ1) is 7.23. The molecule has 1 rings (SSSR count). The molecule has 16 heavy (non-hydrogen) atoms. The summed E-state index contributed by atoms with van der Waals surface area (Å²) >= 11 is 5.50. The van der Waals surface area contributed by atoms with E-state index in [9.17, 15) is 18.0 Å². The van der Waals surface area contributed by atoms with Gasteiger partial charge in [0.2, 0.25) is 0 Å². The zero-order chi connectivity index (χ0) is 12.5. The summed E-state index contributed by atoms with van der Waals surface area (Å²) in [6.45, 7) is 3.11. The SMILES string of the molecule is CC(C)C(=O)c1ccc(Cl)cc1C(F)(F)F. The first kappa shape index (κ1) is 13.0. The van der Waals surface area contributed by atoms with E-state index < -0.39 is 23.4 Å². The van der Waals surface area contributed by atoms with E-state index in [1.54, 1.807) is 13.8 Å². The van der Waals surface area contributed by atoms with Gasteiger partial charge in [-0.05, 0) is 18.2 Å². The molecule has 0 radical (unpaired) electrons.